The van der Waals surface area contributed by atoms with Crippen molar-refractivity contribution in [3.63, 3.8) is 0 Å². The molecule has 0 saturated carbocycles. The van der Waals surface area contributed by atoms with Gasteiger partial charge in [0, 0.05) is 31.5 Å². The highest BCUT2D eigenvalue weighted by Gasteiger charge is 2.14. The molecule has 0 aliphatic carbocycles. The maximum absolute atomic E-state index is 11.8. The summed E-state index contributed by atoms with van der Waals surface area (Å²) in [7, 11) is 3.31. The lowest BCUT2D eigenvalue weighted by Crippen LogP contribution is -2.22. The predicted octanol–water partition coefficient (Wildman–Crippen LogP) is 2.23. The van der Waals surface area contributed by atoms with Gasteiger partial charge >= 0.3 is 5.97 Å². The molecule has 0 spiro atoms. The fourth-order valence-corrected chi connectivity index (χ4v) is 2.10. The molecule has 8 heteroatoms. The van der Waals surface area contributed by atoms with Crippen molar-refractivity contribution in [3.05, 3.63) is 58.9 Å². The zero-order valence-electron chi connectivity index (χ0n) is 13.7. The van der Waals surface area contributed by atoms with Crippen LogP contribution in [0.1, 0.15) is 20.7 Å². The molecule has 2 amide bonds. The third kappa shape index (κ3) is 5.02. The van der Waals surface area contributed by atoms with Crippen molar-refractivity contribution >= 4 is 35.1 Å². The summed E-state index contributed by atoms with van der Waals surface area (Å²) in [4.78, 5) is 40.7. The molecule has 2 rings (SSSR count). The molecule has 0 radical (unpaired) electrons. The summed E-state index contributed by atoms with van der Waals surface area (Å²) in [6.07, 6.45) is 1.44. The van der Waals surface area contributed by atoms with Crippen LogP contribution in [0.2, 0.25) is 5.15 Å². The van der Waals surface area contributed by atoms with Crippen LogP contribution in [-0.2, 0) is 9.53 Å². The van der Waals surface area contributed by atoms with Gasteiger partial charge in [0.2, 0.25) is 0 Å². The van der Waals surface area contributed by atoms with E-state index >= 15 is 0 Å². The fourth-order valence-electron chi connectivity index (χ4n) is 1.90. The molecule has 0 saturated heterocycles. The average Bonchev–Trinajstić information content (AvgIpc) is 2.60. The number of nitrogens with zero attached hydrogens (tertiary/aromatic N) is 2. The van der Waals surface area contributed by atoms with Gasteiger partial charge in [0.15, 0.2) is 6.61 Å². The van der Waals surface area contributed by atoms with Crippen LogP contribution in [0.15, 0.2) is 42.6 Å². The predicted molar refractivity (Wildman–Crippen MR) is 92.6 cm³/mol. The molecule has 0 aliphatic rings. The van der Waals surface area contributed by atoms with Crippen LogP contribution in [-0.4, -0.2) is 48.4 Å². The van der Waals surface area contributed by atoms with Gasteiger partial charge in [-0.05, 0) is 36.4 Å². The largest absolute Gasteiger partial charge is 0.452 e. The summed E-state index contributed by atoms with van der Waals surface area (Å²) in [5.41, 5.74) is 1.07. The first kappa shape index (κ1) is 18.4. The van der Waals surface area contributed by atoms with Crippen molar-refractivity contribution < 1.29 is 19.1 Å². The van der Waals surface area contributed by atoms with Crippen molar-refractivity contribution in [2.24, 2.45) is 0 Å². The summed E-state index contributed by atoms with van der Waals surface area (Å²) < 4.78 is 4.90. The number of benzene rings is 1. The standard InChI is InChI=1S/C17H16ClN3O4/c1-21(2)16(23)11-5-7-12(8-6-11)20-14(22)10-25-17(24)13-4-3-9-19-15(13)18/h3-9H,10H2,1-2H3,(H,20,22). The number of pyridine rings is 1. The number of nitrogens with one attached hydrogen (secondary N) is 1. The molecule has 25 heavy (non-hydrogen) atoms. The van der Waals surface area contributed by atoms with Crippen molar-refractivity contribution in [3.8, 4) is 0 Å². The van der Waals surface area contributed by atoms with E-state index in [1.54, 1.807) is 44.4 Å². The van der Waals surface area contributed by atoms with E-state index in [2.05, 4.69) is 10.3 Å². The second-order valence-electron chi connectivity index (χ2n) is 5.24. The van der Waals surface area contributed by atoms with E-state index < -0.39 is 18.5 Å². The first-order valence-electron chi connectivity index (χ1n) is 7.27. The van der Waals surface area contributed by atoms with E-state index in [-0.39, 0.29) is 16.6 Å². The van der Waals surface area contributed by atoms with Crippen molar-refractivity contribution in [2.45, 2.75) is 0 Å². The summed E-state index contributed by atoms with van der Waals surface area (Å²) in [5.74, 6) is -1.39. The number of rotatable bonds is 5. The molecular formula is C17H16ClN3O4. The second kappa shape index (κ2) is 8.25. The van der Waals surface area contributed by atoms with E-state index in [4.69, 9.17) is 16.3 Å². The number of amides is 2. The van der Waals surface area contributed by atoms with Crippen LogP contribution >= 0.6 is 11.6 Å². The van der Waals surface area contributed by atoms with E-state index in [1.165, 1.54) is 17.2 Å². The van der Waals surface area contributed by atoms with Crippen LogP contribution < -0.4 is 5.32 Å². The van der Waals surface area contributed by atoms with Gasteiger partial charge in [-0.25, -0.2) is 9.78 Å². The van der Waals surface area contributed by atoms with Crippen molar-refractivity contribution in [1.29, 1.82) is 0 Å². The summed E-state index contributed by atoms with van der Waals surface area (Å²) in [6, 6.07) is 9.37. The lowest BCUT2D eigenvalue weighted by molar-refractivity contribution is -0.119. The van der Waals surface area contributed by atoms with Gasteiger partial charge in [-0.1, -0.05) is 11.6 Å². The molecule has 0 aliphatic heterocycles. The number of hydrogen-bond acceptors (Lipinski definition) is 5. The minimum absolute atomic E-state index is 0.00839. The van der Waals surface area contributed by atoms with Gasteiger partial charge in [-0.3, -0.25) is 9.59 Å². The maximum atomic E-state index is 11.8. The smallest absolute Gasteiger partial charge is 0.341 e. The molecule has 130 valence electrons. The fraction of sp³-hybridized carbons (Fsp3) is 0.176. The van der Waals surface area contributed by atoms with Crippen LogP contribution in [0.4, 0.5) is 5.69 Å². The number of esters is 1. The van der Waals surface area contributed by atoms with Gasteiger partial charge in [0.25, 0.3) is 11.8 Å². The summed E-state index contributed by atoms with van der Waals surface area (Å²) >= 11 is 5.78. The Hall–Kier alpha value is -2.93. The molecule has 0 fully saturated rings. The Labute approximate surface area is 149 Å². The number of hydrogen-bond donors (Lipinski definition) is 1. The Morgan fingerprint density at radius 2 is 1.84 bits per heavy atom. The highest BCUT2D eigenvalue weighted by Crippen LogP contribution is 2.13. The average molecular weight is 362 g/mol. The molecule has 0 atom stereocenters. The quantitative estimate of drug-likeness (QED) is 0.651. The third-order valence-corrected chi connectivity index (χ3v) is 3.44. The maximum Gasteiger partial charge on any atom is 0.341 e. The number of carbonyl (C=O) groups excluding carboxylic acids is 3. The summed E-state index contributed by atoms with van der Waals surface area (Å²) in [6.45, 7) is -0.470. The molecule has 0 bridgehead atoms. The minimum atomic E-state index is -0.736. The molecule has 1 aromatic heterocycles. The van der Waals surface area contributed by atoms with Gasteiger partial charge in [-0.15, -0.1) is 0 Å². The monoisotopic (exact) mass is 361 g/mol. The Kier molecular flexibility index (Phi) is 6.08. The molecule has 2 aromatic rings. The SMILES string of the molecule is CN(C)C(=O)c1ccc(NC(=O)COC(=O)c2cccnc2Cl)cc1. The molecule has 1 aromatic carbocycles. The normalized spacial score (nSPS) is 10.0. The Bertz CT molecular complexity index is 791. The van der Waals surface area contributed by atoms with Gasteiger partial charge in [0.1, 0.15) is 5.15 Å². The minimum Gasteiger partial charge on any atom is -0.452 e. The highest BCUT2D eigenvalue weighted by atomic mass is 35.5. The molecule has 0 unspecified atom stereocenters. The van der Waals surface area contributed by atoms with E-state index in [0.29, 0.717) is 11.3 Å². The molecule has 1 heterocycles. The van der Waals surface area contributed by atoms with E-state index in [9.17, 15) is 14.4 Å². The first-order chi connectivity index (χ1) is 11.9. The lowest BCUT2D eigenvalue weighted by Gasteiger charge is -2.11. The number of anilines is 1. The number of halogens is 1. The molecule has 1 N–H and O–H groups in total. The van der Waals surface area contributed by atoms with E-state index in [1.807, 2.05) is 0 Å². The van der Waals surface area contributed by atoms with Crippen LogP contribution in [0.3, 0.4) is 0 Å². The van der Waals surface area contributed by atoms with Gasteiger partial charge in [-0.2, -0.15) is 0 Å². The van der Waals surface area contributed by atoms with E-state index in [0.717, 1.165) is 0 Å². The topological polar surface area (TPSA) is 88.6 Å². The van der Waals surface area contributed by atoms with Crippen LogP contribution in [0, 0.1) is 0 Å². The zero-order chi connectivity index (χ0) is 18.4. The van der Waals surface area contributed by atoms with Crippen LogP contribution in [0.5, 0.6) is 0 Å². The van der Waals surface area contributed by atoms with Crippen molar-refractivity contribution in [2.75, 3.05) is 26.0 Å². The lowest BCUT2D eigenvalue weighted by atomic mass is 10.2. The Morgan fingerprint density at radius 1 is 1.16 bits per heavy atom. The van der Waals surface area contributed by atoms with Gasteiger partial charge < -0.3 is 15.0 Å². The number of aromatic nitrogens is 1. The molecule has 7 nitrogen and oxygen atoms in total. The number of ether oxygens (including phenoxy) is 1. The highest BCUT2D eigenvalue weighted by molar-refractivity contribution is 6.32. The zero-order valence-corrected chi connectivity index (χ0v) is 14.4. The summed E-state index contributed by atoms with van der Waals surface area (Å²) in [5, 5.41) is 2.58. The Balaban J connectivity index is 1.89. The second-order valence-corrected chi connectivity index (χ2v) is 5.60. The number of carbonyl (C=O) groups is 3. The van der Waals surface area contributed by atoms with Crippen molar-refractivity contribution in [1.82, 2.24) is 9.88 Å². The molecular weight excluding hydrogens is 346 g/mol. The van der Waals surface area contributed by atoms with Gasteiger partial charge in [0.05, 0.1) is 5.56 Å². The Morgan fingerprint density at radius 3 is 2.44 bits per heavy atom. The first-order valence-corrected chi connectivity index (χ1v) is 7.65. The third-order valence-electron chi connectivity index (χ3n) is 3.14. The van der Waals surface area contributed by atoms with Crippen LogP contribution in [0.25, 0.3) is 0 Å².